The van der Waals surface area contributed by atoms with Crippen LogP contribution in [0.2, 0.25) is 0 Å². The van der Waals surface area contributed by atoms with E-state index in [1.54, 1.807) is 0 Å². The second-order valence-corrected chi connectivity index (χ2v) is 5.17. The lowest BCUT2D eigenvalue weighted by atomic mass is 10.2. The number of amides is 2. The molecule has 0 aromatic heterocycles. The van der Waals surface area contributed by atoms with E-state index in [-0.39, 0.29) is 6.61 Å². The van der Waals surface area contributed by atoms with E-state index in [9.17, 15) is 22.4 Å². The molecule has 128 valence electrons. The van der Waals surface area contributed by atoms with E-state index >= 15 is 0 Å². The highest BCUT2D eigenvalue weighted by molar-refractivity contribution is 5.89. The van der Waals surface area contributed by atoms with Crippen molar-refractivity contribution in [3.05, 3.63) is 29.6 Å². The van der Waals surface area contributed by atoms with Gasteiger partial charge in [-0.1, -0.05) is 0 Å². The second kappa shape index (κ2) is 7.14. The van der Waals surface area contributed by atoms with Gasteiger partial charge < -0.3 is 15.3 Å². The van der Waals surface area contributed by atoms with Gasteiger partial charge in [-0.25, -0.2) is 9.18 Å². The minimum Gasteiger partial charge on any atom is -0.395 e. The summed E-state index contributed by atoms with van der Waals surface area (Å²) in [6.45, 7) is 2.30. The minimum absolute atomic E-state index is 0.0155. The van der Waals surface area contributed by atoms with Crippen molar-refractivity contribution in [2.24, 2.45) is 0 Å². The first-order chi connectivity index (χ1) is 10.8. The molecule has 1 aliphatic heterocycles. The van der Waals surface area contributed by atoms with Crippen LogP contribution in [0.15, 0.2) is 18.2 Å². The number of carbonyl (C=O) groups is 1. The number of rotatable bonds is 3. The zero-order chi connectivity index (χ0) is 17.0. The Morgan fingerprint density at radius 3 is 2.43 bits per heavy atom. The van der Waals surface area contributed by atoms with Gasteiger partial charge in [0.15, 0.2) is 0 Å². The first-order valence-electron chi connectivity index (χ1n) is 7.07. The monoisotopic (exact) mass is 335 g/mol. The van der Waals surface area contributed by atoms with Crippen molar-refractivity contribution in [1.82, 2.24) is 9.80 Å². The van der Waals surface area contributed by atoms with Crippen LogP contribution in [0, 0.1) is 5.82 Å². The topological polar surface area (TPSA) is 55.8 Å². The van der Waals surface area contributed by atoms with Crippen LogP contribution in [0.3, 0.4) is 0 Å². The van der Waals surface area contributed by atoms with E-state index in [2.05, 4.69) is 5.32 Å². The predicted molar refractivity (Wildman–Crippen MR) is 75.5 cm³/mol. The number of alkyl halides is 3. The number of urea groups is 1. The maximum atomic E-state index is 13.6. The highest BCUT2D eigenvalue weighted by atomic mass is 19.4. The Labute approximate surface area is 130 Å². The fourth-order valence-corrected chi connectivity index (χ4v) is 2.31. The number of aliphatic hydroxyl groups is 1. The summed E-state index contributed by atoms with van der Waals surface area (Å²) in [5.41, 5.74) is -1.52. The predicted octanol–water partition coefficient (Wildman–Crippen LogP) is 1.99. The molecule has 2 amide bonds. The van der Waals surface area contributed by atoms with Gasteiger partial charge in [0.1, 0.15) is 5.82 Å². The molecule has 0 unspecified atom stereocenters. The van der Waals surface area contributed by atoms with E-state index in [1.165, 1.54) is 4.90 Å². The van der Waals surface area contributed by atoms with Crippen LogP contribution in [0.5, 0.6) is 0 Å². The van der Waals surface area contributed by atoms with Gasteiger partial charge in [0.05, 0.1) is 17.9 Å². The number of anilines is 1. The number of hydrogen-bond donors (Lipinski definition) is 2. The summed E-state index contributed by atoms with van der Waals surface area (Å²) in [7, 11) is 0. The van der Waals surface area contributed by atoms with Gasteiger partial charge in [0, 0.05) is 32.7 Å². The molecule has 0 saturated carbocycles. The molecule has 2 N–H and O–H groups in total. The molecule has 9 heteroatoms. The number of carbonyl (C=O) groups excluding carboxylic acids is 1. The summed E-state index contributed by atoms with van der Waals surface area (Å²) in [5, 5.41) is 11.0. The first-order valence-corrected chi connectivity index (χ1v) is 7.07. The van der Waals surface area contributed by atoms with Gasteiger partial charge in [-0.05, 0) is 18.2 Å². The van der Waals surface area contributed by atoms with Gasteiger partial charge in [0.2, 0.25) is 0 Å². The maximum Gasteiger partial charge on any atom is 0.416 e. The summed E-state index contributed by atoms with van der Waals surface area (Å²) in [5.74, 6) is -0.926. The summed E-state index contributed by atoms with van der Waals surface area (Å²) >= 11 is 0. The Balaban J connectivity index is 2.01. The molecule has 0 bridgehead atoms. The van der Waals surface area contributed by atoms with E-state index in [1.807, 2.05) is 4.90 Å². The van der Waals surface area contributed by atoms with E-state index in [0.29, 0.717) is 50.9 Å². The smallest absolute Gasteiger partial charge is 0.395 e. The number of nitrogens with one attached hydrogen (secondary N) is 1. The van der Waals surface area contributed by atoms with Crippen molar-refractivity contribution in [1.29, 1.82) is 0 Å². The zero-order valence-electron chi connectivity index (χ0n) is 12.2. The van der Waals surface area contributed by atoms with Crippen LogP contribution in [0.4, 0.5) is 28.0 Å². The number of β-amino-alcohol motifs (C(OH)–C–C–N with tert-alkyl or cyclic N) is 1. The number of piperazine rings is 1. The SMILES string of the molecule is O=C(Nc1cc(C(F)(F)F)ccc1F)N1CCN(CCO)CC1. The molecule has 1 aliphatic rings. The molecule has 0 radical (unpaired) electrons. The van der Waals surface area contributed by atoms with E-state index < -0.39 is 29.3 Å². The largest absolute Gasteiger partial charge is 0.416 e. The number of halogens is 4. The fraction of sp³-hybridized carbons (Fsp3) is 0.500. The van der Waals surface area contributed by atoms with Crippen LogP contribution in [0.25, 0.3) is 0 Å². The Bertz CT molecular complexity index is 557. The Kier molecular flexibility index (Phi) is 5.42. The highest BCUT2D eigenvalue weighted by Gasteiger charge is 2.31. The van der Waals surface area contributed by atoms with Crippen LogP contribution in [0.1, 0.15) is 5.56 Å². The van der Waals surface area contributed by atoms with Crippen molar-refractivity contribution in [3.8, 4) is 0 Å². The average Bonchev–Trinajstić information content (AvgIpc) is 2.49. The molecular formula is C14H17F4N3O2. The van der Waals surface area contributed by atoms with Crippen molar-refractivity contribution < 1.29 is 27.5 Å². The molecule has 5 nitrogen and oxygen atoms in total. The third kappa shape index (κ3) is 4.55. The second-order valence-electron chi connectivity index (χ2n) is 5.17. The molecule has 1 aromatic rings. The number of nitrogens with zero attached hydrogens (tertiary/aromatic N) is 2. The highest BCUT2D eigenvalue weighted by Crippen LogP contribution is 2.31. The molecule has 1 saturated heterocycles. The van der Waals surface area contributed by atoms with Crippen LogP contribution in [-0.4, -0.2) is 60.3 Å². The van der Waals surface area contributed by atoms with Crippen LogP contribution < -0.4 is 5.32 Å². The lowest BCUT2D eigenvalue weighted by molar-refractivity contribution is -0.137. The Hall–Kier alpha value is -1.87. The van der Waals surface area contributed by atoms with E-state index in [0.717, 1.165) is 0 Å². The normalized spacial score (nSPS) is 16.5. The Morgan fingerprint density at radius 2 is 1.87 bits per heavy atom. The molecule has 1 fully saturated rings. The maximum absolute atomic E-state index is 13.6. The number of hydrogen-bond acceptors (Lipinski definition) is 3. The number of aliphatic hydroxyl groups excluding tert-OH is 1. The Morgan fingerprint density at radius 1 is 1.22 bits per heavy atom. The standard InChI is InChI=1S/C14H17F4N3O2/c15-11-2-1-10(14(16,17)18)9-12(11)19-13(23)21-5-3-20(4-6-21)7-8-22/h1-2,9,22H,3-8H2,(H,19,23). The lowest BCUT2D eigenvalue weighted by Gasteiger charge is -2.34. The molecule has 0 spiro atoms. The van der Waals surface area contributed by atoms with Gasteiger partial charge >= 0.3 is 12.2 Å². The summed E-state index contributed by atoms with van der Waals surface area (Å²) in [6, 6.07) is 1.23. The molecule has 23 heavy (non-hydrogen) atoms. The fourth-order valence-electron chi connectivity index (χ4n) is 2.31. The van der Waals surface area contributed by atoms with Crippen molar-refractivity contribution in [2.45, 2.75) is 6.18 Å². The van der Waals surface area contributed by atoms with Crippen molar-refractivity contribution >= 4 is 11.7 Å². The third-order valence-corrected chi connectivity index (χ3v) is 3.61. The van der Waals surface area contributed by atoms with Gasteiger partial charge in [-0.15, -0.1) is 0 Å². The van der Waals surface area contributed by atoms with Gasteiger partial charge in [-0.2, -0.15) is 13.2 Å². The quantitative estimate of drug-likeness (QED) is 0.831. The van der Waals surface area contributed by atoms with Crippen molar-refractivity contribution in [3.63, 3.8) is 0 Å². The molecule has 1 aromatic carbocycles. The third-order valence-electron chi connectivity index (χ3n) is 3.61. The molecule has 0 aliphatic carbocycles. The lowest BCUT2D eigenvalue weighted by Crippen LogP contribution is -2.50. The molecular weight excluding hydrogens is 318 g/mol. The van der Waals surface area contributed by atoms with Crippen molar-refractivity contribution in [2.75, 3.05) is 44.6 Å². The summed E-state index contributed by atoms with van der Waals surface area (Å²) < 4.78 is 51.5. The first kappa shape index (κ1) is 17.5. The van der Waals surface area contributed by atoms with E-state index in [4.69, 9.17) is 5.11 Å². The molecule has 2 rings (SSSR count). The minimum atomic E-state index is -4.61. The number of benzene rings is 1. The van der Waals surface area contributed by atoms with Crippen LogP contribution in [-0.2, 0) is 6.18 Å². The molecule has 1 heterocycles. The summed E-state index contributed by atoms with van der Waals surface area (Å²) in [4.78, 5) is 15.4. The van der Waals surface area contributed by atoms with Crippen LogP contribution >= 0.6 is 0 Å². The van der Waals surface area contributed by atoms with Gasteiger partial charge in [-0.3, -0.25) is 4.90 Å². The average molecular weight is 335 g/mol. The zero-order valence-corrected chi connectivity index (χ0v) is 12.2. The molecule has 0 atom stereocenters. The summed E-state index contributed by atoms with van der Waals surface area (Å²) in [6.07, 6.45) is -4.61. The van der Waals surface area contributed by atoms with Gasteiger partial charge in [0.25, 0.3) is 0 Å².